The Hall–Kier alpha value is -1.69. The lowest BCUT2D eigenvalue weighted by molar-refractivity contribution is -0.147. The van der Waals surface area contributed by atoms with Crippen LogP contribution >= 0.6 is 0 Å². The van der Waals surface area contributed by atoms with Crippen molar-refractivity contribution in [1.29, 1.82) is 0 Å². The van der Waals surface area contributed by atoms with Crippen molar-refractivity contribution in [3.05, 3.63) is 29.3 Å². The number of rotatable bonds is 3. The van der Waals surface area contributed by atoms with Crippen LogP contribution in [0.4, 0.5) is 0 Å². The van der Waals surface area contributed by atoms with Gasteiger partial charge in [0.25, 0.3) is 0 Å². The summed E-state index contributed by atoms with van der Waals surface area (Å²) in [6.07, 6.45) is -0.893. The predicted molar refractivity (Wildman–Crippen MR) is 67.7 cm³/mol. The van der Waals surface area contributed by atoms with Crippen molar-refractivity contribution < 1.29 is 23.1 Å². The molecular weight excluding hydrogens is 268 g/mol. The van der Waals surface area contributed by atoms with E-state index in [4.69, 9.17) is 0 Å². The number of ketones is 1. The van der Waals surface area contributed by atoms with Crippen LogP contribution in [0, 0.1) is 13.8 Å². The average Bonchev–Trinajstić information content (AvgIpc) is 2.22. The van der Waals surface area contributed by atoms with E-state index in [2.05, 4.69) is 0 Å². The molecule has 102 valence electrons. The Kier molecular flexibility index (Phi) is 3.01. The number of carbonyl (C=O) groups excluding carboxylic acids is 1. The quantitative estimate of drug-likeness (QED) is 0.901. The second kappa shape index (κ2) is 4.16. The zero-order chi connectivity index (χ0) is 14.4. The van der Waals surface area contributed by atoms with Gasteiger partial charge in [-0.3, -0.25) is 9.59 Å². The van der Waals surface area contributed by atoms with E-state index >= 15 is 0 Å². The van der Waals surface area contributed by atoms with E-state index in [1.807, 2.05) is 6.92 Å². The number of aryl methyl sites for hydroxylation is 2. The van der Waals surface area contributed by atoms with Gasteiger partial charge in [-0.1, -0.05) is 17.7 Å². The van der Waals surface area contributed by atoms with Gasteiger partial charge in [0.2, 0.25) is 0 Å². The maximum Gasteiger partial charge on any atom is 0.326 e. The first-order chi connectivity index (χ1) is 8.70. The number of Topliss-reactive ketones (excluding diaryl/α,β-unsaturated/α-hetero) is 1. The minimum atomic E-state index is -4.06. The molecule has 1 saturated carbocycles. The summed E-state index contributed by atoms with van der Waals surface area (Å²) in [4.78, 5) is 22.4. The molecule has 2 rings (SSSR count). The van der Waals surface area contributed by atoms with Crippen LogP contribution in [0.1, 0.15) is 24.0 Å². The van der Waals surface area contributed by atoms with Crippen molar-refractivity contribution in [2.75, 3.05) is 0 Å². The fourth-order valence-corrected chi connectivity index (χ4v) is 4.44. The summed E-state index contributed by atoms with van der Waals surface area (Å²) in [5.74, 6) is -1.79. The summed E-state index contributed by atoms with van der Waals surface area (Å²) >= 11 is 0. The van der Waals surface area contributed by atoms with E-state index < -0.39 is 33.4 Å². The van der Waals surface area contributed by atoms with Crippen LogP contribution in [0.5, 0.6) is 0 Å². The van der Waals surface area contributed by atoms with Crippen molar-refractivity contribution in [2.24, 2.45) is 0 Å². The average molecular weight is 282 g/mol. The molecule has 5 nitrogen and oxygen atoms in total. The zero-order valence-electron chi connectivity index (χ0n) is 10.6. The SMILES string of the molecule is Cc1ccc(S(=O)(=O)C2(C(=O)O)CC(=O)C2)c(C)c1. The van der Waals surface area contributed by atoms with Crippen LogP contribution in [-0.2, 0) is 19.4 Å². The minimum absolute atomic E-state index is 0.00648. The first kappa shape index (κ1) is 13.7. The number of hydrogen-bond acceptors (Lipinski definition) is 4. The van der Waals surface area contributed by atoms with E-state index in [0.29, 0.717) is 5.56 Å². The van der Waals surface area contributed by atoms with Crippen LogP contribution in [0.15, 0.2) is 23.1 Å². The Labute approximate surface area is 111 Å². The molecule has 1 aromatic rings. The highest BCUT2D eigenvalue weighted by Gasteiger charge is 2.60. The molecular formula is C13H14O5S. The Morgan fingerprint density at radius 1 is 1.26 bits per heavy atom. The van der Waals surface area contributed by atoms with Crippen molar-refractivity contribution in [3.63, 3.8) is 0 Å². The number of carboxylic acid groups (broad SMARTS) is 1. The van der Waals surface area contributed by atoms with Gasteiger partial charge in [-0.25, -0.2) is 8.42 Å². The van der Waals surface area contributed by atoms with Crippen LogP contribution in [0.2, 0.25) is 0 Å². The molecule has 19 heavy (non-hydrogen) atoms. The molecule has 0 spiro atoms. The number of aliphatic carboxylic acids is 1. The van der Waals surface area contributed by atoms with Gasteiger partial charge in [-0.15, -0.1) is 0 Å². The molecule has 0 radical (unpaired) electrons. The molecule has 0 unspecified atom stereocenters. The number of sulfone groups is 1. The van der Waals surface area contributed by atoms with E-state index in [1.54, 1.807) is 19.1 Å². The fourth-order valence-electron chi connectivity index (χ4n) is 2.35. The van der Waals surface area contributed by atoms with Crippen LogP contribution in [0.25, 0.3) is 0 Å². The lowest BCUT2D eigenvalue weighted by Crippen LogP contribution is -2.56. The van der Waals surface area contributed by atoms with Crippen molar-refractivity contribution in [3.8, 4) is 0 Å². The highest BCUT2D eigenvalue weighted by molar-refractivity contribution is 7.93. The Balaban J connectivity index is 2.59. The molecule has 1 aromatic carbocycles. The third-order valence-corrected chi connectivity index (χ3v) is 6.02. The second-order valence-corrected chi connectivity index (χ2v) is 7.19. The number of carbonyl (C=O) groups is 2. The van der Waals surface area contributed by atoms with Crippen LogP contribution in [-0.4, -0.2) is 30.0 Å². The highest BCUT2D eigenvalue weighted by atomic mass is 32.2. The molecule has 0 bridgehead atoms. The van der Waals surface area contributed by atoms with Gasteiger partial charge in [0.15, 0.2) is 14.6 Å². The summed E-state index contributed by atoms with van der Waals surface area (Å²) in [5, 5.41) is 9.21. The second-order valence-electron chi connectivity index (χ2n) is 4.96. The molecule has 1 aliphatic carbocycles. The predicted octanol–water partition coefficient (Wildman–Crippen LogP) is 1.26. The van der Waals surface area contributed by atoms with E-state index in [9.17, 15) is 23.1 Å². The van der Waals surface area contributed by atoms with Crippen molar-refractivity contribution >= 4 is 21.6 Å². The Morgan fingerprint density at radius 3 is 2.26 bits per heavy atom. The third-order valence-electron chi connectivity index (χ3n) is 3.49. The number of hydrogen-bond donors (Lipinski definition) is 1. The molecule has 0 atom stereocenters. The third kappa shape index (κ3) is 1.87. The molecule has 1 N–H and O–H groups in total. The van der Waals surface area contributed by atoms with E-state index in [0.717, 1.165) is 5.56 Å². The van der Waals surface area contributed by atoms with Crippen LogP contribution in [0.3, 0.4) is 0 Å². The molecule has 1 fully saturated rings. The topological polar surface area (TPSA) is 88.5 Å². The lowest BCUT2D eigenvalue weighted by atomic mass is 9.83. The van der Waals surface area contributed by atoms with E-state index in [-0.39, 0.29) is 10.7 Å². The summed E-state index contributed by atoms with van der Waals surface area (Å²) in [5.41, 5.74) is 1.39. The van der Waals surface area contributed by atoms with Gasteiger partial charge in [0.1, 0.15) is 5.78 Å². The maximum atomic E-state index is 12.5. The Bertz CT molecular complexity index is 664. The van der Waals surface area contributed by atoms with Gasteiger partial charge in [0, 0.05) is 12.8 Å². The first-order valence-corrected chi connectivity index (χ1v) is 7.26. The number of carboxylic acids is 1. The monoisotopic (exact) mass is 282 g/mol. The smallest absolute Gasteiger partial charge is 0.326 e. The molecule has 0 amide bonds. The number of benzene rings is 1. The fraction of sp³-hybridized carbons (Fsp3) is 0.385. The van der Waals surface area contributed by atoms with Gasteiger partial charge in [-0.2, -0.15) is 0 Å². The highest BCUT2D eigenvalue weighted by Crippen LogP contribution is 2.41. The maximum absolute atomic E-state index is 12.5. The van der Waals surface area contributed by atoms with Crippen molar-refractivity contribution in [1.82, 2.24) is 0 Å². The van der Waals surface area contributed by atoms with Crippen molar-refractivity contribution in [2.45, 2.75) is 36.3 Å². The molecule has 1 aliphatic rings. The summed E-state index contributed by atoms with van der Waals surface area (Å²) in [6, 6.07) is 4.71. The van der Waals surface area contributed by atoms with Crippen LogP contribution < -0.4 is 0 Å². The normalized spacial score (nSPS) is 17.9. The molecule has 0 aliphatic heterocycles. The molecule has 0 saturated heterocycles. The largest absolute Gasteiger partial charge is 0.480 e. The minimum Gasteiger partial charge on any atom is -0.480 e. The van der Waals surface area contributed by atoms with E-state index in [1.165, 1.54) is 6.07 Å². The summed E-state index contributed by atoms with van der Waals surface area (Å²) in [7, 11) is -4.06. The molecule has 6 heteroatoms. The summed E-state index contributed by atoms with van der Waals surface area (Å²) in [6.45, 7) is 3.44. The lowest BCUT2D eigenvalue weighted by Gasteiger charge is -2.35. The van der Waals surface area contributed by atoms with Gasteiger partial charge < -0.3 is 5.11 Å². The molecule has 0 aromatic heterocycles. The molecule has 0 heterocycles. The van der Waals surface area contributed by atoms with Gasteiger partial charge >= 0.3 is 5.97 Å². The zero-order valence-corrected chi connectivity index (χ0v) is 11.5. The Morgan fingerprint density at radius 2 is 1.84 bits per heavy atom. The van der Waals surface area contributed by atoms with Gasteiger partial charge in [0.05, 0.1) is 4.90 Å². The summed E-state index contributed by atoms with van der Waals surface area (Å²) < 4.78 is 23.1. The van der Waals surface area contributed by atoms with Gasteiger partial charge in [-0.05, 0) is 25.5 Å². The standard InChI is InChI=1S/C13H14O5S/c1-8-3-4-11(9(2)5-8)19(17,18)13(12(15)16)6-10(14)7-13/h3-5H,6-7H2,1-2H3,(H,15,16). The first-order valence-electron chi connectivity index (χ1n) is 5.78.